The van der Waals surface area contributed by atoms with E-state index in [1.165, 1.54) is 11.8 Å². The molecule has 4 heteroatoms. The average Bonchev–Trinajstić information content (AvgIpc) is 2.74. The average molecular weight is 377 g/mol. The first-order valence-corrected chi connectivity index (χ1v) is 10.1. The maximum absolute atomic E-state index is 12.4. The van der Waals surface area contributed by atoms with Crippen molar-refractivity contribution in [2.75, 3.05) is 0 Å². The topological polar surface area (TPSA) is 67.2 Å². The predicted octanol–water partition coefficient (Wildman–Crippen LogP) is 5.21. The molecule has 0 heterocycles. The number of carbonyl (C=O) groups is 2. The van der Waals surface area contributed by atoms with Gasteiger partial charge in [0.1, 0.15) is 12.0 Å². The van der Waals surface area contributed by atoms with Gasteiger partial charge in [-0.15, -0.1) is 0 Å². The van der Waals surface area contributed by atoms with Crippen molar-refractivity contribution < 1.29 is 14.3 Å². The van der Waals surface area contributed by atoms with Gasteiger partial charge in [0.2, 0.25) is 0 Å². The van der Waals surface area contributed by atoms with Crippen LogP contribution in [0.2, 0.25) is 0 Å². The van der Waals surface area contributed by atoms with Gasteiger partial charge in [0.25, 0.3) is 0 Å². The summed E-state index contributed by atoms with van der Waals surface area (Å²) in [5.74, 6) is 0.159. The lowest BCUT2D eigenvalue weighted by Gasteiger charge is -2.23. The number of carbonyl (C=O) groups excluding carboxylic acids is 2. The Bertz CT molecular complexity index is 833. The molecule has 0 amide bonds. The summed E-state index contributed by atoms with van der Waals surface area (Å²) in [6.07, 6.45) is 7.35. The van der Waals surface area contributed by atoms with Gasteiger partial charge < -0.3 is 14.9 Å². The summed E-state index contributed by atoms with van der Waals surface area (Å²) in [6, 6.07) is 13.8. The van der Waals surface area contributed by atoms with E-state index in [1.54, 1.807) is 12.1 Å². The molecular formula is C24H27NO3. The van der Waals surface area contributed by atoms with Crippen LogP contribution in [0.15, 0.2) is 42.5 Å². The lowest BCUT2D eigenvalue weighted by molar-refractivity contribution is -0.140. The van der Waals surface area contributed by atoms with E-state index < -0.39 is 0 Å². The fourth-order valence-electron chi connectivity index (χ4n) is 3.82. The lowest BCUT2D eigenvalue weighted by Crippen LogP contribution is -2.26. The minimum absolute atomic E-state index is 0.0802. The molecule has 3 rings (SSSR count). The van der Waals surface area contributed by atoms with E-state index in [2.05, 4.69) is 31.2 Å². The van der Waals surface area contributed by atoms with Crippen molar-refractivity contribution in [3.63, 3.8) is 0 Å². The molecule has 1 fully saturated rings. The van der Waals surface area contributed by atoms with Crippen LogP contribution in [0.5, 0.6) is 5.75 Å². The summed E-state index contributed by atoms with van der Waals surface area (Å²) in [5.41, 5.74) is 4.02. The molecule has 28 heavy (non-hydrogen) atoms. The Hall–Kier alpha value is -2.75. The number of aldehydes is 1. The summed E-state index contributed by atoms with van der Waals surface area (Å²) in [5, 5.41) is 7.76. The van der Waals surface area contributed by atoms with Crippen molar-refractivity contribution in [2.45, 2.75) is 45.4 Å². The van der Waals surface area contributed by atoms with Crippen LogP contribution in [0.25, 0.3) is 11.1 Å². The Morgan fingerprint density at radius 3 is 2.43 bits per heavy atom. The fraction of sp³-hybridized carbons (Fsp3) is 0.375. The first kappa shape index (κ1) is 20.0. The molecule has 0 unspecified atom stereocenters. The predicted molar refractivity (Wildman–Crippen MR) is 111 cm³/mol. The minimum Gasteiger partial charge on any atom is -0.426 e. The molecule has 1 saturated carbocycles. The molecule has 0 radical (unpaired) electrons. The molecule has 4 nitrogen and oxygen atoms in total. The Balaban J connectivity index is 1.71. The highest BCUT2D eigenvalue weighted by molar-refractivity contribution is 5.90. The highest BCUT2D eigenvalue weighted by atomic mass is 16.5. The van der Waals surface area contributed by atoms with E-state index in [-0.39, 0.29) is 17.8 Å². The lowest BCUT2D eigenvalue weighted by atomic mass is 9.83. The largest absolute Gasteiger partial charge is 0.426 e. The van der Waals surface area contributed by atoms with Crippen LogP contribution in [0.3, 0.4) is 0 Å². The molecule has 0 aliphatic heterocycles. The molecule has 1 aliphatic rings. The van der Waals surface area contributed by atoms with Gasteiger partial charge in [-0.25, -0.2) is 0 Å². The quantitative estimate of drug-likeness (QED) is 0.311. The molecule has 146 valence electrons. The van der Waals surface area contributed by atoms with Crippen LogP contribution in [-0.2, 0) is 16.0 Å². The third kappa shape index (κ3) is 4.75. The molecule has 0 bridgehead atoms. The zero-order valence-electron chi connectivity index (χ0n) is 16.3. The van der Waals surface area contributed by atoms with Crippen LogP contribution >= 0.6 is 0 Å². The van der Waals surface area contributed by atoms with Gasteiger partial charge in [-0.05, 0) is 60.9 Å². The monoisotopic (exact) mass is 377 g/mol. The van der Waals surface area contributed by atoms with Crippen molar-refractivity contribution >= 4 is 18.5 Å². The summed E-state index contributed by atoms with van der Waals surface area (Å²) in [6.45, 7) is 2.16. The second-order valence-electron chi connectivity index (χ2n) is 7.51. The Labute approximate surface area is 166 Å². The van der Waals surface area contributed by atoms with Crippen LogP contribution in [0.1, 0.15) is 50.2 Å². The number of esters is 1. The van der Waals surface area contributed by atoms with Gasteiger partial charge in [-0.3, -0.25) is 4.79 Å². The van der Waals surface area contributed by atoms with E-state index >= 15 is 0 Å². The van der Waals surface area contributed by atoms with E-state index in [4.69, 9.17) is 10.1 Å². The second kappa shape index (κ2) is 9.45. The molecule has 0 aromatic heterocycles. The zero-order valence-corrected chi connectivity index (χ0v) is 16.3. The summed E-state index contributed by atoms with van der Waals surface area (Å²) >= 11 is 0. The van der Waals surface area contributed by atoms with Crippen LogP contribution in [0, 0.1) is 17.2 Å². The van der Waals surface area contributed by atoms with E-state index in [0.29, 0.717) is 18.6 Å². The van der Waals surface area contributed by atoms with E-state index in [9.17, 15) is 9.59 Å². The molecule has 1 aliphatic carbocycles. The van der Waals surface area contributed by atoms with Gasteiger partial charge in [-0.1, -0.05) is 43.7 Å². The van der Waals surface area contributed by atoms with Gasteiger partial charge in [0.05, 0.1) is 5.92 Å². The van der Waals surface area contributed by atoms with E-state index in [1.807, 2.05) is 6.07 Å². The van der Waals surface area contributed by atoms with Gasteiger partial charge in [-0.2, -0.15) is 0 Å². The number of rotatable bonds is 7. The third-order valence-electron chi connectivity index (χ3n) is 5.50. The van der Waals surface area contributed by atoms with Crippen LogP contribution in [-0.4, -0.2) is 18.5 Å². The number of hydrogen-bond acceptors (Lipinski definition) is 4. The fourth-order valence-corrected chi connectivity index (χ4v) is 3.82. The first-order chi connectivity index (χ1) is 13.6. The SMILES string of the molecule is CCCc1ccc(-c2ccc(OC(=O)C3CCC(C=O)CC3)cc2C=N)cc1. The van der Waals surface area contributed by atoms with Crippen LogP contribution < -0.4 is 4.74 Å². The van der Waals surface area contributed by atoms with Crippen molar-refractivity contribution in [3.8, 4) is 16.9 Å². The highest BCUT2D eigenvalue weighted by Crippen LogP contribution is 2.31. The maximum Gasteiger partial charge on any atom is 0.314 e. The normalized spacial score (nSPS) is 19.0. The highest BCUT2D eigenvalue weighted by Gasteiger charge is 2.27. The molecular weight excluding hydrogens is 350 g/mol. The van der Waals surface area contributed by atoms with E-state index in [0.717, 1.165) is 48.7 Å². The van der Waals surface area contributed by atoms with Gasteiger partial charge in [0, 0.05) is 17.7 Å². The Morgan fingerprint density at radius 2 is 1.82 bits per heavy atom. The second-order valence-corrected chi connectivity index (χ2v) is 7.51. The molecule has 0 atom stereocenters. The molecule has 2 aromatic rings. The third-order valence-corrected chi connectivity index (χ3v) is 5.50. The smallest absolute Gasteiger partial charge is 0.314 e. The molecule has 0 spiro atoms. The Morgan fingerprint density at radius 1 is 1.11 bits per heavy atom. The Kier molecular flexibility index (Phi) is 6.75. The summed E-state index contributed by atoms with van der Waals surface area (Å²) in [7, 11) is 0. The number of aryl methyl sites for hydroxylation is 1. The summed E-state index contributed by atoms with van der Waals surface area (Å²) < 4.78 is 5.58. The zero-order chi connectivity index (χ0) is 19.9. The number of hydrogen-bond donors (Lipinski definition) is 1. The summed E-state index contributed by atoms with van der Waals surface area (Å²) in [4.78, 5) is 23.3. The standard InChI is InChI=1S/C24H27NO3/c1-2-3-17-4-8-19(9-5-17)23-13-12-22(14-21(23)15-25)28-24(27)20-10-6-18(16-26)7-11-20/h4-5,8-9,12-16,18,20,25H,2-3,6-7,10-11H2,1H3. The number of nitrogens with one attached hydrogen (secondary N) is 1. The molecule has 1 N–H and O–H groups in total. The van der Waals surface area contributed by atoms with Gasteiger partial charge >= 0.3 is 5.97 Å². The molecule has 0 saturated heterocycles. The first-order valence-electron chi connectivity index (χ1n) is 10.1. The molecule has 2 aromatic carbocycles. The van der Waals surface area contributed by atoms with Gasteiger partial charge in [0.15, 0.2) is 0 Å². The number of ether oxygens (including phenoxy) is 1. The minimum atomic E-state index is -0.239. The van der Waals surface area contributed by atoms with Crippen molar-refractivity contribution in [1.29, 1.82) is 5.41 Å². The van der Waals surface area contributed by atoms with Crippen LogP contribution in [0.4, 0.5) is 0 Å². The van der Waals surface area contributed by atoms with Crippen molar-refractivity contribution in [2.24, 2.45) is 11.8 Å². The number of benzene rings is 2. The van der Waals surface area contributed by atoms with Crippen molar-refractivity contribution in [1.82, 2.24) is 0 Å². The van der Waals surface area contributed by atoms with Crippen molar-refractivity contribution in [3.05, 3.63) is 53.6 Å². The maximum atomic E-state index is 12.4.